The molecule has 0 aliphatic heterocycles. The third-order valence-corrected chi connectivity index (χ3v) is 3.94. The Balaban J connectivity index is 0.00000400. The molecule has 0 saturated heterocycles. The molecule has 118 valence electrons. The summed E-state index contributed by atoms with van der Waals surface area (Å²) in [6, 6.07) is 6.49. The van der Waals surface area contributed by atoms with E-state index in [4.69, 9.17) is 5.73 Å². The molecule has 0 radical (unpaired) electrons. The Kier molecular flexibility index (Phi) is 8.52. The SMILES string of the molecule is C=C(C)CNC(N)=NCc1ccc(S(=O)(=O)NC)cc1.I. The lowest BCUT2D eigenvalue weighted by Gasteiger charge is -2.06. The number of hydrogen-bond acceptors (Lipinski definition) is 3. The third-order valence-electron chi connectivity index (χ3n) is 2.51. The Morgan fingerprint density at radius 3 is 2.38 bits per heavy atom. The van der Waals surface area contributed by atoms with Crippen LogP contribution in [0.15, 0.2) is 46.3 Å². The van der Waals surface area contributed by atoms with Crippen LogP contribution in [0.3, 0.4) is 0 Å². The first kappa shape index (κ1) is 19.9. The van der Waals surface area contributed by atoms with Crippen LogP contribution in [0.25, 0.3) is 0 Å². The molecular weight excluding hydrogens is 403 g/mol. The van der Waals surface area contributed by atoms with Gasteiger partial charge in [0.1, 0.15) is 0 Å². The summed E-state index contributed by atoms with van der Waals surface area (Å²) in [5.41, 5.74) is 7.52. The largest absolute Gasteiger partial charge is 0.370 e. The fourth-order valence-corrected chi connectivity index (χ4v) is 2.10. The molecule has 0 amide bonds. The molecule has 4 N–H and O–H groups in total. The molecule has 0 aliphatic rings. The van der Waals surface area contributed by atoms with Crippen molar-refractivity contribution in [1.29, 1.82) is 0 Å². The van der Waals surface area contributed by atoms with Crippen LogP contribution in [-0.2, 0) is 16.6 Å². The molecule has 0 saturated carbocycles. The van der Waals surface area contributed by atoms with Gasteiger partial charge in [0.15, 0.2) is 5.96 Å². The van der Waals surface area contributed by atoms with Gasteiger partial charge in [-0.25, -0.2) is 18.1 Å². The average Bonchev–Trinajstić information content (AvgIpc) is 2.43. The van der Waals surface area contributed by atoms with E-state index in [2.05, 4.69) is 21.6 Å². The first-order valence-electron chi connectivity index (χ1n) is 6.06. The molecule has 0 unspecified atom stereocenters. The van der Waals surface area contributed by atoms with Crippen LogP contribution in [0.4, 0.5) is 0 Å². The normalized spacial score (nSPS) is 11.6. The maximum absolute atomic E-state index is 11.6. The topological polar surface area (TPSA) is 96.6 Å². The van der Waals surface area contributed by atoms with Crippen molar-refractivity contribution in [3.8, 4) is 0 Å². The molecule has 1 aromatic carbocycles. The van der Waals surface area contributed by atoms with Gasteiger partial charge in [-0.05, 0) is 31.7 Å². The van der Waals surface area contributed by atoms with E-state index in [0.717, 1.165) is 11.1 Å². The molecule has 0 bridgehead atoms. The number of aliphatic imine (C=N–C) groups is 1. The van der Waals surface area contributed by atoms with Crippen molar-refractivity contribution in [2.75, 3.05) is 13.6 Å². The first-order chi connectivity index (χ1) is 9.35. The number of guanidine groups is 1. The standard InChI is InChI=1S/C13H20N4O2S.HI/c1-10(2)8-16-13(14)17-9-11-4-6-12(7-5-11)20(18,19)15-3;/h4-7,15H,1,8-9H2,2-3H3,(H3,14,16,17);1H. The van der Waals surface area contributed by atoms with E-state index in [1.807, 2.05) is 6.92 Å². The van der Waals surface area contributed by atoms with Crippen molar-refractivity contribution < 1.29 is 8.42 Å². The predicted molar refractivity (Wildman–Crippen MR) is 96.2 cm³/mol. The summed E-state index contributed by atoms with van der Waals surface area (Å²) in [6.07, 6.45) is 0. The van der Waals surface area contributed by atoms with Crippen molar-refractivity contribution in [1.82, 2.24) is 10.0 Å². The Bertz CT molecular complexity index is 597. The maximum Gasteiger partial charge on any atom is 0.240 e. The summed E-state index contributed by atoms with van der Waals surface area (Å²) in [4.78, 5) is 4.38. The van der Waals surface area contributed by atoms with Crippen molar-refractivity contribution in [2.45, 2.75) is 18.4 Å². The van der Waals surface area contributed by atoms with E-state index in [-0.39, 0.29) is 28.9 Å². The number of nitrogens with one attached hydrogen (secondary N) is 2. The smallest absolute Gasteiger partial charge is 0.240 e. The molecule has 6 nitrogen and oxygen atoms in total. The van der Waals surface area contributed by atoms with Gasteiger partial charge in [-0.1, -0.05) is 24.3 Å². The number of rotatable bonds is 6. The lowest BCUT2D eigenvalue weighted by molar-refractivity contribution is 0.588. The molecule has 0 aromatic heterocycles. The fraction of sp³-hybridized carbons (Fsp3) is 0.308. The van der Waals surface area contributed by atoms with E-state index in [1.165, 1.54) is 19.2 Å². The minimum atomic E-state index is -3.40. The van der Waals surface area contributed by atoms with Gasteiger partial charge >= 0.3 is 0 Å². The number of hydrogen-bond donors (Lipinski definition) is 3. The van der Waals surface area contributed by atoms with E-state index < -0.39 is 10.0 Å². The summed E-state index contributed by atoms with van der Waals surface area (Å²) in [5, 5.41) is 2.92. The molecular formula is C13H21IN4O2S. The van der Waals surface area contributed by atoms with Gasteiger partial charge in [0.2, 0.25) is 10.0 Å². The Morgan fingerprint density at radius 1 is 1.33 bits per heavy atom. The molecule has 8 heteroatoms. The van der Waals surface area contributed by atoms with Gasteiger partial charge in [0, 0.05) is 6.54 Å². The van der Waals surface area contributed by atoms with E-state index in [0.29, 0.717) is 19.0 Å². The van der Waals surface area contributed by atoms with Crippen LogP contribution in [0, 0.1) is 0 Å². The molecule has 0 spiro atoms. The lowest BCUT2D eigenvalue weighted by Crippen LogP contribution is -2.32. The third kappa shape index (κ3) is 6.91. The second-order valence-corrected chi connectivity index (χ2v) is 6.25. The zero-order valence-electron chi connectivity index (χ0n) is 12.1. The number of nitrogens with zero attached hydrogens (tertiary/aromatic N) is 1. The van der Waals surface area contributed by atoms with Crippen molar-refractivity contribution in [3.05, 3.63) is 42.0 Å². The average molecular weight is 424 g/mol. The first-order valence-corrected chi connectivity index (χ1v) is 7.54. The van der Waals surface area contributed by atoms with E-state index >= 15 is 0 Å². The van der Waals surface area contributed by atoms with Crippen LogP contribution < -0.4 is 15.8 Å². The molecule has 1 rings (SSSR count). The highest BCUT2D eigenvalue weighted by Gasteiger charge is 2.09. The summed E-state index contributed by atoms with van der Waals surface area (Å²) in [5.74, 6) is 0.333. The highest BCUT2D eigenvalue weighted by molar-refractivity contribution is 14.0. The lowest BCUT2D eigenvalue weighted by atomic mass is 10.2. The highest BCUT2D eigenvalue weighted by atomic mass is 127. The van der Waals surface area contributed by atoms with Crippen molar-refractivity contribution in [2.24, 2.45) is 10.7 Å². The summed E-state index contributed by atoms with van der Waals surface area (Å²) in [7, 11) is -2.02. The van der Waals surface area contributed by atoms with Gasteiger partial charge in [-0.2, -0.15) is 0 Å². The molecule has 21 heavy (non-hydrogen) atoms. The van der Waals surface area contributed by atoms with Gasteiger partial charge in [0.05, 0.1) is 11.4 Å². The molecule has 0 heterocycles. The molecule has 0 atom stereocenters. The van der Waals surface area contributed by atoms with Gasteiger partial charge < -0.3 is 11.1 Å². The van der Waals surface area contributed by atoms with Crippen molar-refractivity contribution >= 4 is 40.0 Å². The molecule has 1 aromatic rings. The van der Waals surface area contributed by atoms with Gasteiger partial charge in [0.25, 0.3) is 0 Å². The van der Waals surface area contributed by atoms with Crippen molar-refractivity contribution in [3.63, 3.8) is 0 Å². The van der Waals surface area contributed by atoms with Crippen LogP contribution in [-0.4, -0.2) is 28.0 Å². The van der Waals surface area contributed by atoms with Crippen LogP contribution in [0.2, 0.25) is 0 Å². The Morgan fingerprint density at radius 2 is 1.90 bits per heavy atom. The second-order valence-electron chi connectivity index (χ2n) is 4.36. The van der Waals surface area contributed by atoms with E-state index in [9.17, 15) is 8.42 Å². The highest BCUT2D eigenvalue weighted by Crippen LogP contribution is 2.10. The minimum Gasteiger partial charge on any atom is -0.370 e. The number of benzene rings is 1. The minimum absolute atomic E-state index is 0. The van der Waals surface area contributed by atoms with Crippen LogP contribution in [0.1, 0.15) is 12.5 Å². The quantitative estimate of drug-likeness (QED) is 0.277. The summed E-state index contributed by atoms with van der Waals surface area (Å²) in [6.45, 7) is 6.60. The van der Waals surface area contributed by atoms with Crippen LogP contribution >= 0.6 is 24.0 Å². The van der Waals surface area contributed by atoms with Crippen LogP contribution in [0.5, 0.6) is 0 Å². The zero-order chi connectivity index (χ0) is 15.2. The second kappa shape index (κ2) is 9.00. The summed E-state index contributed by atoms with van der Waals surface area (Å²) < 4.78 is 25.4. The maximum atomic E-state index is 11.6. The number of sulfonamides is 1. The Labute approximate surface area is 143 Å². The summed E-state index contributed by atoms with van der Waals surface area (Å²) >= 11 is 0. The molecule has 0 fully saturated rings. The predicted octanol–water partition coefficient (Wildman–Crippen LogP) is 1.19. The fourth-order valence-electron chi connectivity index (χ4n) is 1.37. The Hall–Kier alpha value is -1.13. The zero-order valence-corrected chi connectivity index (χ0v) is 15.2. The monoisotopic (exact) mass is 424 g/mol. The van der Waals surface area contributed by atoms with Gasteiger partial charge in [-0.3, -0.25) is 0 Å². The number of nitrogens with two attached hydrogens (primary N) is 1. The molecule has 0 aliphatic carbocycles. The van der Waals surface area contributed by atoms with E-state index in [1.54, 1.807) is 12.1 Å². The van der Waals surface area contributed by atoms with Gasteiger partial charge in [-0.15, -0.1) is 24.0 Å². The number of halogens is 1.